The van der Waals surface area contributed by atoms with Crippen molar-refractivity contribution < 1.29 is 18.3 Å². The maximum Gasteiger partial charge on any atom is 0.267 e. The van der Waals surface area contributed by atoms with E-state index in [1.807, 2.05) is 0 Å². The normalized spacial score (nSPS) is 16.6. The van der Waals surface area contributed by atoms with E-state index in [0.29, 0.717) is 23.6 Å². The van der Waals surface area contributed by atoms with Crippen LogP contribution in [-0.4, -0.2) is 39.7 Å². The number of rotatable bonds is 5. The van der Waals surface area contributed by atoms with Crippen molar-refractivity contribution in [3.63, 3.8) is 0 Å². The van der Waals surface area contributed by atoms with Gasteiger partial charge in [0.2, 0.25) is 0 Å². The second-order valence-corrected chi connectivity index (χ2v) is 6.37. The van der Waals surface area contributed by atoms with Gasteiger partial charge in [-0.15, -0.1) is 0 Å². The molecule has 4 rings (SSSR count). The van der Waals surface area contributed by atoms with Crippen LogP contribution in [-0.2, 0) is 4.74 Å². The average Bonchev–Trinajstić information content (AvgIpc) is 3.42. The number of benzene rings is 1. The largest absolute Gasteiger partial charge is 0.376 e. The molecule has 2 N–H and O–H groups in total. The Bertz CT molecular complexity index is 960. The zero-order valence-electron chi connectivity index (χ0n) is 14.4. The SMILES string of the molecule is O=C(NC[C@@H]1CCCO1)c1cc(-n2cncc2-c2cccc(F)c2F)c[nH]1. The summed E-state index contributed by atoms with van der Waals surface area (Å²) in [4.78, 5) is 19.2. The summed E-state index contributed by atoms with van der Waals surface area (Å²) in [5.74, 6) is -2.12. The van der Waals surface area contributed by atoms with E-state index in [4.69, 9.17) is 4.74 Å². The molecule has 0 spiro atoms. The number of H-pyrrole nitrogens is 1. The van der Waals surface area contributed by atoms with Crippen LogP contribution in [0.4, 0.5) is 8.78 Å². The highest BCUT2D eigenvalue weighted by atomic mass is 19.2. The first-order valence-electron chi connectivity index (χ1n) is 8.69. The van der Waals surface area contributed by atoms with Crippen LogP contribution in [0.15, 0.2) is 43.0 Å². The summed E-state index contributed by atoms with van der Waals surface area (Å²) in [5, 5.41) is 2.83. The van der Waals surface area contributed by atoms with Crippen LogP contribution in [0.5, 0.6) is 0 Å². The highest BCUT2D eigenvalue weighted by molar-refractivity contribution is 5.93. The topological polar surface area (TPSA) is 71.9 Å². The molecule has 1 aliphatic heterocycles. The zero-order valence-corrected chi connectivity index (χ0v) is 14.4. The maximum atomic E-state index is 14.1. The second kappa shape index (κ2) is 7.32. The van der Waals surface area contributed by atoms with E-state index < -0.39 is 11.6 Å². The highest BCUT2D eigenvalue weighted by Crippen LogP contribution is 2.26. The van der Waals surface area contributed by atoms with Gasteiger partial charge < -0.3 is 15.0 Å². The summed E-state index contributed by atoms with van der Waals surface area (Å²) in [6.45, 7) is 1.19. The fourth-order valence-corrected chi connectivity index (χ4v) is 3.16. The minimum Gasteiger partial charge on any atom is -0.376 e. The molecule has 0 saturated carbocycles. The summed E-state index contributed by atoms with van der Waals surface area (Å²) in [6.07, 6.45) is 6.54. The van der Waals surface area contributed by atoms with Gasteiger partial charge in [-0.3, -0.25) is 9.36 Å². The lowest BCUT2D eigenvalue weighted by atomic mass is 10.1. The molecule has 8 heteroatoms. The molecule has 3 aromatic rings. The lowest BCUT2D eigenvalue weighted by Crippen LogP contribution is -2.31. The summed E-state index contributed by atoms with van der Waals surface area (Å²) < 4.78 is 34.8. The fraction of sp³-hybridized carbons (Fsp3) is 0.263. The van der Waals surface area contributed by atoms with Gasteiger partial charge in [0.1, 0.15) is 5.69 Å². The van der Waals surface area contributed by atoms with Gasteiger partial charge in [-0.25, -0.2) is 13.8 Å². The molecule has 1 aliphatic rings. The molecule has 2 aromatic heterocycles. The Kier molecular flexibility index (Phi) is 4.72. The minimum atomic E-state index is -0.940. The monoisotopic (exact) mass is 372 g/mol. The summed E-state index contributed by atoms with van der Waals surface area (Å²) in [7, 11) is 0. The van der Waals surface area contributed by atoms with Crippen molar-refractivity contribution in [2.24, 2.45) is 0 Å². The van der Waals surface area contributed by atoms with Gasteiger partial charge in [0.15, 0.2) is 11.6 Å². The number of ether oxygens (including phenoxy) is 1. The molecule has 1 saturated heterocycles. The number of hydrogen-bond acceptors (Lipinski definition) is 3. The van der Waals surface area contributed by atoms with Crippen LogP contribution in [0, 0.1) is 11.6 Å². The lowest BCUT2D eigenvalue weighted by molar-refractivity contribution is 0.0854. The molecule has 0 radical (unpaired) electrons. The summed E-state index contributed by atoms with van der Waals surface area (Å²) in [6, 6.07) is 5.61. The number of halogens is 2. The smallest absolute Gasteiger partial charge is 0.267 e. The van der Waals surface area contributed by atoms with Gasteiger partial charge in [-0.05, 0) is 31.0 Å². The second-order valence-electron chi connectivity index (χ2n) is 6.37. The Labute approximate surface area is 154 Å². The van der Waals surface area contributed by atoms with Gasteiger partial charge in [0.05, 0.1) is 30.0 Å². The summed E-state index contributed by atoms with van der Waals surface area (Å²) in [5.41, 5.74) is 1.44. The van der Waals surface area contributed by atoms with E-state index in [9.17, 15) is 13.6 Å². The predicted molar refractivity (Wildman–Crippen MR) is 94.6 cm³/mol. The molecular formula is C19H18F2N4O2. The minimum absolute atomic E-state index is 0.0552. The highest BCUT2D eigenvalue weighted by Gasteiger charge is 2.19. The number of aromatic nitrogens is 3. The molecule has 1 fully saturated rings. The zero-order chi connectivity index (χ0) is 18.8. The molecule has 0 unspecified atom stereocenters. The molecule has 0 bridgehead atoms. The molecule has 6 nitrogen and oxygen atoms in total. The van der Waals surface area contributed by atoms with Gasteiger partial charge in [0, 0.05) is 24.9 Å². The fourth-order valence-electron chi connectivity index (χ4n) is 3.16. The predicted octanol–water partition coefficient (Wildman–Crippen LogP) is 3.05. The van der Waals surface area contributed by atoms with Crippen LogP contribution in [0.3, 0.4) is 0 Å². The Morgan fingerprint density at radius 1 is 1.41 bits per heavy atom. The molecule has 140 valence electrons. The number of nitrogens with one attached hydrogen (secondary N) is 2. The van der Waals surface area contributed by atoms with Crippen molar-refractivity contribution in [3.8, 4) is 16.9 Å². The molecule has 1 aromatic carbocycles. The number of carbonyl (C=O) groups is 1. The molecule has 27 heavy (non-hydrogen) atoms. The number of amides is 1. The third-order valence-electron chi connectivity index (χ3n) is 4.57. The van der Waals surface area contributed by atoms with E-state index in [0.717, 1.165) is 25.5 Å². The van der Waals surface area contributed by atoms with Crippen LogP contribution in [0.25, 0.3) is 16.9 Å². The van der Waals surface area contributed by atoms with Crippen molar-refractivity contribution in [3.05, 3.63) is 60.3 Å². The standard InChI is InChI=1S/C19H18F2N4O2/c20-15-5-1-4-14(18(15)21)17-10-22-11-25(17)12-7-16(23-8-12)19(26)24-9-13-3-2-6-27-13/h1,4-5,7-8,10-11,13,23H,2-3,6,9H2,(H,24,26)/t13-/m0/s1. The van der Waals surface area contributed by atoms with Gasteiger partial charge >= 0.3 is 0 Å². The van der Waals surface area contributed by atoms with E-state index >= 15 is 0 Å². The Morgan fingerprint density at radius 3 is 3.11 bits per heavy atom. The number of carbonyl (C=O) groups excluding carboxylic acids is 1. The molecular weight excluding hydrogens is 354 g/mol. The van der Waals surface area contributed by atoms with Crippen molar-refractivity contribution in [1.82, 2.24) is 19.9 Å². The van der Waals surface area contributed by atoms with Crippen molar-refractivity contribution in [1.29, 1.82) is 0 Å². The van der Waals surface area contributed by atoms with E-state index in [2.05, 4.69) is 15.3 Å². The van der Waals surface area contributed by atoms with Crippen molar-refractivity contribution >= 4 is 5.91 Å². The quantitative estimate of drug-likeness (QED) is 0.723. The van der Waals surface area contributed by atoms with E-state index in [1.54, 1.807) is 16.8 Å². The third kappa shape index (κ3) is 3.48. The Balaban J connectivity index is 1.55. The van der Waals surface area contributed by atoms with Gasteiger partial charge in [0.25, 0.3) is 5.91 Å². The first kappa shape index (κ1) is 17.4. The van der Waals surface area contributed by atoms with Crippen molar-refractivity contribution in [2.75, 3.05) is 13.2 Å². The number of imidazole rings is 1. The van der Waals surface area contributed by atoms with E-state index in [-0.39, 0.29) is 17.6 Å². The third-order valence-corrected chi connectivity index (χ3v) is 4.57. The van der Waals surface area contributed by atoms with Crippen LogP contribution in [0.2, 0.25) is 0 Å². The van der Waals surface area contributed by atoms with Crippen LogP contribution in [0.1, 0.15) is 23.3 Å². The molecule has 0 aliphatic carbocycles. The molecule has 1 atom stereocenters. The molecule has 3 heterocycles. The van der Waals surface area contributed by atoms with Gasteiger partial charge in [-0.1, -0.05) is 6.07 Å². The first-order valence-corrected chi connectivity index (χ1v) is 8.69. The Morgan fingerprint density at radius 2 is 2.30 bits per heavy atom. The van der Waals surface area contributed by atoms with Gasteiger partial charge in [-0.2, -0.15) is 0 Å². The maximum absolute atomic E-state index is 14.1. The average molecular weight is 372 g/mol. The van der Waals surface area contributed by atoms with Crippen molar-refractivity contribution in [2.45, 2.75) is 18.9 Å². The number of nitrogens with zero attached hydrogens (tertiary/aromatic N) is 2. The first-order chi connectivity index (χ1) is 13.1. The summed E-state index contributed by atoms with van der Waals surface area (Å²) >= 11 is 0. The molecule has 1 amide bonds. The van der Waals surface area contributed by atoms with Crippen LogP contribution >= 0.6 is 0 Å². The number of aromatic amines is 1. The van der Waals surface area contributed by atoms with E-state index in [1.165, 1.54) is 24.7 Å². The Hall–Kier alpha value is -3.00. The number of hydrogen-bond donors (Lipinski definition) is 2. The lowest BCUT2D eigenvalue weighted by Gasteiger charge is -2.09. The van der Waals surface area contributed by atoms with Crippen LogP contribution < -0.4 is 5.32 Å².